The van der Waals surface area contributed by atoms with E-state index in [0.29, 0.717) is 6.42 Å². The molecule has 0 spiro atoms. The third-order valence-electron chi connectivity index (χ3n) is 2.65. The highest BCUT2D eigenvalue weighted by Crippen LogP contribution is 2.00. The van der Waals surface area contributed by atoms with E-state index in [1.165, 1.54) is 0 Å². The van der Waals surface area contributed by atoms with E-state index in [4.69, 9.17) is 0 Å². The van der Waals surface area contributed by atoms with Crippen molar-refractivity contribution in [1.29, 1.82) is 0 Å². The highest BCUT2D eigenvalue weighted by Gasteiger charge is 1.99. The highest BCUT2D eigenvalue weighted by atomic mass is 16.2. The Bertz CT molecular complexity index is 589. The fraction of sp³-hybridized carbons (Fsp3) is 0.0588. The van der Waals surface area contributed by atoms with E-state index < -0.39 is 0 Å². The molecule has 0 heterocycles. The van der Waals surface area contributed by atoms with Crippen molar-refractivity contribution in [2.24, 2.45) is 5.10 Å². The molecule has 3 heteroatoms. The first-order valence-corrected chi connectivity index (χ1v) is 6.42. The maximum atomic E-state index is 11.6. The van der Waals surface area contributed by atoms with E-state index in [1.54, 1.807) is 12.3 Å². The quantitative estimate of drug-likeness (QED) is 0.654. The van der Waals surface area contributed by atoms with Crippen LogP contribution in [0.15, 0.2) is 71.8 Å². The number of nitrogens with zero attached hydrogens (tertiary/aromatic N) is 1. The first-order valence-electron chi connectivity index (χ1n) is 6.42. The molecule has 0 unspecified atom stereocenters. The van der Waals surface area contributed by atoms with Gasteiger partial charge in [-0.15, -0.1) is 0 Å². The fourth-order valence-corrected chi connectivity index (χ4v) is 1.69. The topological polar surface area (TPSA) is 41.5 Å². The molecule has 2 rings (SSSR count). The van der Waals surface area contributed by atoms with Crippen LogP contribution in [0.3, 0.4) is 0 Å². The number of hydrogen-bond donors (Lipinski definition) is 1. The summed E-state index contributed by atoms with van der Waals surface area (Å²) in [5.41, 5.74) is 4.56. The SMILES string of the molecule is O=C(Cc1ccccc1)N/N=C\C=C/c1ccccc1. The molecule has 1 amide bonds. The zero-order valence-electron chi connectivity index (χ0n) is 11.1. The summed E-state index contributed by atoms with van der Waals surface area (Å²) < 4.78 is 0. The van der Waals surface area contributed by atoms with Gasteiger partial charge in [0, 0.05) is 6.21 Å². The number of hydrazone groups is 1. The van der Waals surface area contributed by atoms with Crippen molar-refractivity contribution in [2.45, 2.75) is 6.42 Å². The van der Waals surface area contributed by atoms with E-state index in [-0.39, 0.29) is 5.91 Å². The van der Waals surface area contributed by atoms with Crippen LogP contribution in [-0.4, -0.2) is 12.1 Å². The molecule has 20 heavy (non-hydrogen) atoms. The van der Waals surface area contributed by atoms with Gasteiger partial charge in [0.15, 0.2) is 0 Å². The van der Waals surface area contributed by atoms with Gasteiger partial charge in [0.2, 0.25) is 5.91 Å². The minimum Gasteiger partial charge on any atom is -0.273 e. The molecule has 0 radical (unpaired) electrons. The molecule has 0 saturated carbocycles. The zero-order chi connectivity index (χ0) is 14.0. The monoisotopic (exact) mass is 264 g/mol. The van der Waals surface area contributed by atoms with Gasteiger partial charge in [-0.1, -0.05) is 66.7 Å². The van der Waals surface area contributed by atoms with E-state index >= 15 is 0 Å². The summed E-state index contributed by atoms with van der Waals surface area (Å²) in [6, 6.07) is 19.5. The average Bonchev–Trinajstić information content (AvgIpc) is 2.49. The second-order valence-electron chi connectivity index (χ2n) is 4.25. The van der Waals surface area contributed by atoms with Gasteiger partial charge >= 0.3 is 0 Å². The van der Waals surface area contributed by atoms with Gasteiger partial charge < -0.3 is 0 Å². The molecular formula is C17H16N2O. The first kappa shape index (κ1) is 13.7. The largest absolute Gasteiger partial charge is 0.273 e. The number of allylic oxidation sites excluding steroid dienone is 1. The Morgan fingerprint density at radius 1 is 1.00 bits per heavy atom. The lowest BCUT2D eigenvalue weighted by molar-refractivity contribution is -0.120. The van der Waals surface area contributed by atoms with Gasteiger partial charge in [0.05, 0.1) is 6.42 Å². The average molecular weight is 264 g/mol. The minimum atomic E-state index is -0.124. The molecule has 0 aromatic heterocycles. The number of amides is 1. The van der Waals surface area contributed by atoms with Crippen LogP contribution >= 0.6 is 0 Å². The summed E-state index contributed by atoms with van der Waals surface area (Å²) in [5.74, 6) is -0.124. The normalized spacial score (nSPS) is 11.0. The van der Waals surface area contributed by atoms with Crippen LogP contribution in [0.2, 0.25) is 0 Å². The van der Waals surface area contributed by atoms with Gasteiger partial charge in [-0.05, 0) is 17.2 Å². The molecule has 2 aromatic carbocycles. The number of carbonyl (C=O) groups excluding carboxylic acids is 1. The second kappa shape index (κ2) is 7.69. The Morgan fingerprint density at radius 3 is 2.35 bits per heavy atom. The highest BCUT2D eigenvalue weighted by molar-refractivity contribution is 5.82. The summed E-state index contributed by atoms with van der Waals surface area (Å²) in [6.45, 7) is 0. The maximum absolute atomic E-state index is 11.6. The molecule has 3 nitrogen and oxygen atoms in total. The molecule has 0 atom stereocenters. The van der Waals surface area contributed by atoms with Gasteiger partial charge in [-0.3, -0.25) is 4.79 Å². The third-order valence-corrected chi connectivity index (χ3v) is 2.65. The van der Waals surface area contributed by atoms with E-state index in [9.17, 15) is 4.79 Å². The van der Waals surface area contributed by atoms with Crippen LogP contribution < -0.4 is 5.43 Å². The molecule has 0 aliphatic carbocycles. The minimum absolute atomic E-state index is 0.124. The molecule has 0 aliphatic heterocycles. The Balaban J connectivity index is 1.76. The molecule has 1 N–H and O–H groups in total. The summed E-state index contributed by atoms with van der Waals surface area (Å²) in [4.78, 5) is 11.6. The smallest absolute Gasteiger partial charge is 0.244 e. The predicted octanol–water partition coefficient (Wildman–Crippen LogP) is 3.04. The molecule has 0 bridgehead atoms. The molecule has 0 aliphatic rings. The van der Waals surface area contributed by atoms with Crippen molar-refractivity contribution in [3.8, 4) is 0 Å². The van der Waals surface area contributed by atoms with Gasteiger partial charge in [-0.2, -0.15) is 5.10 Å². The fourth-order valence-electron chi connectivity index (χ4n) is 1.69. The lowest BCUT2D eigenvalue weighted by Crippen LogP contribution is -2.19. The van der Waals surface area contributed by atoms with Gasteiger partial charge in [0.1, 0.15) is 0 Å². The Hall–Kier alpha value is -2.68. The summed E-state index contributed by atoms with van der Waals surface area (Å²) >= 11 is 0. The van der Waals surface area contributed by atoms with E-state index in [0.717, 1.165) is 11.1 Å². The van der Waals surface area contributed by atoms with Crippen molar-refractivity contribution < 1.29 is 4.79 Å². The predicted molar refractivity (Wildman–Crippen MR) is 82.3 cm³/mol. The second-order valence-corrected chi connectivity index (χ2v) is 4.25. The van der Waals surface area contributed by atoms with Crippen molar-refractivity contribution >= 4 is 18.2 Å². The van der Waals surface area contributed by atoms with Crippen LogP contribution in [-0.2, 0) is 11.2 Å². The first-order chi connectivity index (χ1) is 9.84. The third kappa shape index (κ3) is 4.90. The van der Waals surface area contributed by atoms with Crippen LogP contribution in [0.1, 0.15) is 11.1 Å². The lowest BCUT2D eigenvalue weighted by Gasteiger charge is -1.98. The Labute approximate surface area is 118 Å². The van der Waals surface area contributed by atoms with Gasteiger partial charge in [0.25, 0.3) is 0 Å². The zero-order valence-corrected chi connectivity index (χ0v) is 11.1. The van der Waals surface area contributed by atoms with E-state index in [1.807, 2.05) is 66.7 Å². The van der Waals surface area contributed by atoms with Crippen LogP contribution in [0.4, 0.5) is 0 Å². The van der Waals surface area contributed by atoms with E-state index in [2.05, 4.69) is 10.5 Å². The molecular weight excluding hydrogens is 248 g/mol. The molecule has 100 valence electrons. The van der Waals surface area contributed by atoms with Crippen molar-refractivity contribution in [1.82, 2.24) is 5.43 Å². The summed E-state index contributed by atoms with van der Waals surface area (Å²) in [6.07, 6.45) is 5.61. The van der Waals surface area contributed by atoms with Crippen molar-refractivity contribution in [3.05, 3.63) is 77.9 Å². The van der Waals surface area contributed by atoms with Crippen LogP contribution in [0.5, 0.6) is 0 Å². The Morgan fingerprint density at radius 2 is 1.65 bits per heavy atom. The number of carbonyl (C=O) groups is 1. The maximum Gasteiger partial charge on any atom is 0.244 e. The van der Waals surface area contributed by atoms with Crippen molar-refractivity contribution in [2.75, 3.05) is 0 Å². The summed E-state index contributed by atoms with van der Waals surface area (Å²) in [7, 11) is 0. The van der Waals surface area contributed by atoms with Crippen LogP contribution in [0.25, 0.3) is 6.08 Å². The molecule has 2 aromatic rings. The number of benzene rings is 2. The molecule has 0 fully saturated rings. The Kier molecular flexibility index (Phi) is 5.28. The van der Waals surface area contributed by atoms with Crippen LogP contribution in [0, 0.1) is 0 Å². The summed E-state index contributed by atoms with van der Waals surface area (Å²) in [5, 5.41) is 3.87. The standard InChI is InChI=1S/C17H16N2O/c20-17(14-16-10-5-2-6-11-16)19-18-13-7-12-15-8-3-1-4-9-15/h1-13H,14H2,(H,19,20)/b12-7-,18-13-. The number of nitrogens with one attached hydrogen (secondary N) is 1. The van der Waals surface area contributed by atoms with Gasteiger partial charge in [-0.25, -0.2) is 5.43 Å². The lowest BCUT2D eigenvalue weighted by atomic mass is 10.1. The molecule has 0 saturated heterocycles. The van der Waals surface area contributed by atoms with Crippen molar-refractivity contribution in [3.63, 3.8) is 0 Å². The number of rotatable bonds is 5. The number of hydrogen-bond acceptors (Lipinski definition) is 2.